The summed E-state index contributed by atoms with van der Waals surface area (Å²) in [4.78, 5) is 20.8. The molecule has 0 fully saturated rings. The lowest BCUT2D eigenvalue weighted by Gasteiger charge is -2.26. The maximum absolute atomic E-state index is 14.1. The number of aromatic nitrogens is 2. The highest BCUT2D eigenvalue weighted by molar-refractivity contribution is 5.98. The fourth-order valence-electron chi connectivity index (χ4n) is 5.77. The van der Waals surface area contributed by atoms with Crippen LogP contribution in [-0.4, -0.2) is 59.3 Å². The predicted molar refractivity (Wildman–Crippen MR) is 177 cm³/mol. The van der Waals surface area contributed by atoms with Crippen molar-refractivity contribution in [2.24, 2.45) is 5.92 Å². The van der Waals surface area contributed by atoms with E-state index in [0.29, 0.717) is 30.3 Å². The lowest BCUT2D eigenvalue weighted by molar-refractivity contribution is 0.0729. The Morgan fingerprint density at radius 2 is 1.93 bits per heavy atom. The van der Waals surface area contributed by atoms with Crippen LogP contribution in [0.4, 0.5) is 5.69 Å². The normalized spacial score (nSPS) is 14.8. The largest absolute Gasteiger partial charge is 0.504 e. The predicted octanol–water partition coefficient (Wildman–Crippen LogP) is 6.30. The van der Waals surface area contributed by atoms with Gasteiger partial charge >= 0.3 is 0 Å². The van der Waals surface area contributed by atoms with Gasteiger partial charge in [-0.3, -0.25) is 4.79 Å². The zero-order chi connectivity index (χ0) is 32.1. The first kappa shape index (κ1) is 31.7. The van der Waals surface area contributed by atoms with Crippen LogP contribution in [0.1, 0.15) is 54.0 Å². The minimum Gasteiger partial charge on any atom is -0.504 e. The number of nitrogen functional groups attached to an aromatic ring is 1. The average Bonchev–Trinajstić information content (AvgIpc) is 3.38. The molecule has 0 aliphatic heterocycles. The van der Waals surface area contributed by atoms with Crippen molar-refractivity contribution in [1.82, 2.24) is 14.3 Å². The Bertz CT molecular complexity index is 1740. The van der Waals surface area contributed by atoms with E-state index in [-0.39, 0.29) is 35.6 Å². The molecule has 0 saturated carbocycles. The molecule has 0 bridgehead atoms. The van der Waals surface area contributed by atoms with Crippen LogP contribution in [0.2, 0.25) is 0 Å². The molecule has 0 saturated heterocycles. The number of amides is 1. The Morgan fingerprint density at radius 1 is 1.11 bits per heavy atom. The highest BCUT2D eigenvalue weighted by Crippen LogP contribution is 2.39. The number of carbonyl (C=O) groups is 1. The fourth-order valence-corrected chi connectivity index (χ4v) is 5.77. The summed E-state index contributed by atoms with van der Waals surface area (Å²) in [6.45, 7) is 5.00. The van der Waals surface area contributed by atoms with E-state index in [9.17, 15) is 9.90 Å². The Labute approximate surface area is 264 Å². The molecule has 45 heavy (non-hydrogen) atoms. The number of rotatable bonds is 12. The van der Waals surface area contributed by atoms with E-state index < -0.39 is 0 Å². The third kappa shape index (κ3) is 6.83. The summed E-state index contributed by atoms with van der Waals surface area (Å²) in [5, 5.41) is 11.0. The van der Waals surface area contributed by atoms with Gasteiger partial charge in [-0.15, -0.1) is 0 Å². The van der Waals surface area contributed by atoms with E-state index in [2.05, 4.69) is 36.5 Å². The van der Waals surface area contributed by atoms with Gasteiger partial charge in [0.25, 0.3) is 5.91 Å². The smallest absolute Gasteiger partial charge is 0.258 e. The summed E-state index contributed by atoms with van der Waals surface area (Å²) in [7, 11) is 4.66. The van der Waals surface area contributed by atoms with Crippen molar-refractivity contribution < 1.29 is 24.1 Å². The van der Waals surface area contributed by atoms with Crippen molar-refractivity contribution >= 4 is 22.8 Å². The van der Waals surface area contributed by atoms with E-state index in [1.165, 1.54) is 14.2 Å². The summed E-state index contributed by atoms with van der Waals surface area (Å²) >= 11 is 0. The standard InChI is InChI=1S/C36H42N4O5/c1-23(2)16-18-39(36(42)28-13-15-32(44-4)35(45-5)34(28)41)22-29-30(40-17-7-6-11-33(40)38-29)21-26-19-25(12-14-31(26)43-3)24-9-8-10-27(37)20-24/h6-13,15,17,19-20,23,31,41H,14,16,18,21-22,37H2,1-5H3. The number of carbonyl (C=O) groups excluding carboxylic acids is 1. The quantitative estimate of drug-likeness (QED) is 0.181. The maximum atomic E-state index is 14.1. The molecule has 2 aromatic carbocycles. The molecule has 1 unspecified atom stereocenters. The molecule has 5 rings (SSSR count). The van der Waals surface area contributed by atoms with Crippen LogP contribution in [-0.2, 0) is 17.7 Å². The zero-order valence-corrected chi connectivity index (χ0v) is 26.6. The number of nitrogens with zero attached hydrogens (tertiary/aromatic N) is 3. The molecule has 1 aliphatic carbocycles. The average molecular weight is 611 g/mol. The number of fused-ring (bicyclic) bond motifs is 1. The molecule has 4 aromatic rings. The number of phenolic OH excluding ortho intramolecular Hbond substituents is 1. The maximum Gasteiger partial charge on any atom is 0.258 e. The second kappa shape index (κ2) is 13.9. The molecule has 9 nitrogen and oxygen atoms in total. The number of hydrogen-bond acceptors (Lipinski definition) is 7. The summed E-state index contributed by atoms with van der Waals surface area (Å²) in [6, 6.07) is 17.0. The number of ether oxygens (including phenoxy) is 3. The first-order chi connectivity index (χ1) is 21.7. The molecule has 236 valence electrons. The van der Waals surface area contributed by atoms with Gasteiger partial charge in [-0.25, -0.2) is 4.98 Å². The summed E-state index contributed by atoms with van der Waals surface area (Å²) in [5.41, 5.74) is 12.8. The summed E-state index contributed by atoms with van der Waals surface area (Å²) < 4.78 is 18.7. The molecule has 1 aliphatic rings. The van der Waals surface area contributed by atoms with Crippen molar-refractivity contribution in [3.63, 3.8) is 0 Å². The van der Waals surface area contributed by atoms with Gasteiger partial charge in [0.05, 0.1) is 43.8 Å². The fraction of sp³-hybridized carbons (Fsp3) is 0.333. The first-order valence-electron chi connectivity index (χ1n) is 15.2. The molecule has 0 radical (unpaired) electrons. The van der Waals surface area contributed by atoms with E-state index in [4.69, 9.17) is 24.9 Å². The van der Waals surface area contributed by atoms with Gasteiger partial charge in [-0.1, -0.05) is 44.2 Å². The number of phenols is 1. The van der Waals surface area contributed by atoms with Gasteiger partial charge in [0, 0.05) is 32.0 Å². The number of anilines is 1. The highest BCUT2D eigenvalue weighted by Gasteiger charge is 2.27. The molecule has 0 spiro atoms. The minimum atomic E-state index is -0.310. The molecule has 2 aromatic heterocycles. The van der Waals surface area contributed by atoms with E-state index in [1.807, 2.05) is 42.6 Å². The van der Waals surface area contributed by atoms with Crippen molar-refractivity contribution in [3.05, 3.63) is 101 Å². The first-order valence-corrected chi connectivity index (χ1v) is 15.2. The molecular weight excluding hydrogens is 568 g/mol. The van der Waals surface area contributed by atoms with Gasteiger partial charge in [0.15, 0.2) is 11.5 Å². The van der Waals surface area contributed by atoms with Gasteiger partial charge in [0.1, 0.15) is 5.65 Å². The number of allylic oxidation sites excluding steroid dienone is 2. The second-order valence-electron chi connectivity index (χ2n) is 11.7. The van der Waals surface area contributed by atoms with Gasteiger partial charge in [-0.2, -0.15) is 0 Å². The van der Waals surface area contributed by atoms with Crippen LogP contribution in [0.3, 0.4) is 0 Å². The van der Waals surface area contributed by atoms with Gasteiger partial charge < -0.3 is 34.4 Å². The van der Waals surface area contributed by atoms with Gasteiger partial charge in [0.2, 0.25) is 5.75 Å². The third-order valence-electron chi connectivity index (χ3n) is 8.25. The van der Waals surface area contributed by atoms with Crippen LogP contribution in [0.25, 0.3) is 11.2 Å². The van der Waals surface area contributed by atoms with Crippen LogP contribution < -0.4 is 15.2 Å². The minimum absolute atomic E-state index is 0.0979. The molecule has 3 N–H and O–H groups in total. The number of nitrogens with two attached hydrogens (primary N) is 1. The Hall–Kier alpha value is -4.76. The van der Waals surface area contributed by atoms with E-state index >= 15 is 0 Å². The number of benzene rings is 2. The Balaban J connectivity index is 1.54. The lowest BCUT2D eigenvalue weighted by atomic mass is 9.89. The molecule has 1 amide bonds. The summed E-state index contributed by atoms with van der Waals surface area (Å²) in [5.74, 6) is 0.285. The van der Waals surface area contributed by atoms with E-state index in [1.54, 1.807) is 24.1 Å². The number of aromatic hydroxyl groups is 1. The number of methoxy groups -OCH3 is 3. The van der Waals surface area contributed by atoms with Crippen LogP contribution >= 0.6 is 0 Å². The van der Waals surface area contributed by atoms with Crippen LogP contribution in [0.5, 0.6) is 17.2 Å². The van der Waals surface area contributed by atoms with E-state index in [0.717, 1.165) is 46.6 Å². The molecule has 1 atom stereocenters. The van der Waals surface area contributed by atoms with Gasteiger partial charge in [-0.05, 0) is 71.9 Å². The number of hydrogen-bond donors (Lipinski definition) is 2. The summed E-state index contributed by atoms with van der Waals surface area (Å²) in [6.07, 6.45) is 8.36. The second-order valence-corrected chi connectivity index (χ2v) is 11.7. The number of imidazole rings is 1. The lowest BCUT2D eigenvalue weighted by Crippen LogP contribution is -2.33. The third-order valence-corrected chi connectivity index (χ3v) is 8.25. The van der Waals surface area contributed by atoms with Crippen LogP contribution in [0, 0.1) is 5.92 Å². The highest BCUT2D eigenvalue weighted by atomic mass is 16.5. The molecular formula is C36H42N4O5. The van der Waals surface area contributed by atoms with Crippen molar-refractivity contribution in [2.45, 2.75) is 45.8 Å². The number of pyridine rings is 1. The van der Waals surface area contributed by atoms with Crippen molar-refractivity contribution in [3.8, 4) is 17.2 Å². The van der Waals surface area contributed by atoms with Crippen molar-refractivity contribution in [1.29, 1.82) is 0 Å². The Morgan fingerprint density at radius 3 is 2.64 bits per heavy atom. The molecule has 9 heteroatoms. The zero-order valence-electron chi connectivity index (χ0n) is 26.6. The van der Waals surface area contributed by atoms with Crippen LogP contribution in [0.15, 0.2) is 78.5 Å². The monoisotopic (exact) mass is 610 g/mol. The SMILES string of the molecule is COc1ccc(C(=O)N(CCC(C)C)Cc2nc3ccccn3c2CC2=CC(c3cccc(N)c3)=CCC2OC)c(O)c1OC. The molecule has 2 heterocycles. The van der Waals surface area contributed by atoms with Crippen molar-refractivity contribution in [2.75, 3.05) is 33.6 Å². The topological polar surface area (TPSA) is 112 Å². The Kier molecular flexibility index (Phi) is 9.78.